The molecule has 0 N–H and O–H groups in total. The molecule has 1 atom stereocenters. The molecule has 0 spiro atoms. The second kappa shape index (κ2) is 0.601. The molecule has 5 heavy (non-hydrogen) atoms. The first-order valence-corrected chi connectivity index (χ1v) is 1.72. The largest absolute Gasteiger partial charge is 0.218 e. The van der Waals surface area contributed by atoms with E-state index in [0.29, 0.717) is 0 Å². The Balaban J connectivity index is 2.38. The van der Waals surface area contributed by atoms with Crippen molar-refractivity contribution in [2.75, 3.05) is 7.05 Å². The summed E-state index contributed by atoms with van der Waals surface area (Å²) in [6, 6.07) is 0. The molecule has 0 fully saturated rings. The summed E-state index contributed by atoms with van der Waals surface area (Å²) >= 11 is 0. The van der Waals surface area contributed by atoms with Crippen LogP contribution >= 0.6 is 0 Å². The highest BCUT2D eigenvalue weighted by Gasteiger charge is 2.24. The molecule has 0 saturated heterocycles. The van der Waals surface area contributed by atoms with Crippen molar-refractivity contribution in [3.8, 4) is 0 Å². The molecule has 0 aromatic carbocycles. The fourth-order valence-corrected chi connectivity index (χ4v) is 0.251. The van der Waals surface area contributed by atoms with Gasteiger partial charge in [0.25, 0.3) is 0 Å². The SMILES string of the molecule is CC1=C[N+]1C. The Hall–Kier alpha value is -0.300. The lowest BCUT2D eigenvalue weighted by Crippen LogP contribution is -1.89. The van der Waals surface area contributed by atoms with Gasteiger partial charge >= 0.3 is 0 Å². The first kappa shape index (κ1) is 2.91. The Morgan fingerprint density at radius 1 is 1.80 bits per heavy atom. The monoisotopic (exact) mass is 69.1 g/mol. The first-order valence-electron chi connectivity index (χ1n) is 1.72. The van der Waals surface area contributed by atoms with Gasteiger partial charge in [0.2, 0.25) is 11.9 Å². The topological polar surface area (TPSA) is 5.90 Å². The van der Waals surface area contributed by atoms with Gasteiger partial charge in [0.15, 0.2) is 0 Å². The Kier molecular flexibility index (Phi) is 0.350. The zero-order valence-corrected chi connectivity index (χ0v) is 3.52. The fourth-order valence-electron chi connectivity index (χ4n) is 0.251. The first-order chi connectivity index (χ1) is 2.30. The molecule has 1 nitrogen and oxygen atoms in total. The van der Waals surface area contributed by atoms with Gasteiger partial charge < -0.3 is 0 Å². The van der Waals surface area contributed by atoms with Crippen LogP contribution in [0.3, 0.4) is 0 Å². The molecule has 27 valence electrons. The third kappa shape index (κ3) is 0.329. The molecule has 1 unspecified atom stereocenters. The van der Waals surface area contributed by atoms with Crippen molar-refractivity contribution in [1.29, 1.82) is 0 Å². The smallest absolute Gasteiger partial charge is 0.100 e. The lowest BCUT2D eigenvalue weighted by Gasteiger charge is -1.62. The number of allylic oxidation sites excluding steroid dienone is 1. The van der Waals surface area contributed by atoms with E-state index in [4.69, 9.17) is 0 Å². The van der Waals surface area contributed by atoms with Gasteiger partial charge in [-0.1, -0.05) is 0 Å². The van der Waals surface area contributed by atoms with Crippen LogP contribution in [0.15, 0.2) is 11.9 Å². The van der Waals surface area contributed by atoms with Gasteiger partial charge in [0.1, 0.15) is 7.05 Å². The van der Waals surface area contributed by atoms with Crippen LogP contribution in [0.1, 0.15) is 6.92 Å². The molecule has 1 aliphatic heterocycles. The van der Waals surface area contributed by atoms with E-state index in [9.17, 15) is 0 Å². The Morgan fingerprint density at radius 3 is 2.00 bits per heavy atom. The molecule has 0 saturated carbocycles. The summed E-state index contributed by atoms with van der Waals surface area (Å²) in [7, 11) is 2.04. The summed E-state index contributed by atoms with van der Waals surface area (Å²) in [5, 5.41) is 0. The minimum Gasteiger partial charge on any atom is -0.100 e. The van der Waals surface area contributed by atoms with E-state index < -0.39 is 0 Å². The van der Waals surface area contributed by atoms with Crippen LogP contribution in [0.4, 0.5) is 0 Å². The predicted molar refractivity (Wildman–Crippen MR) is 21.8 cm³/mol. The molecule has 1 aliphatic rings. The summed E-state index contributed by atoms with van der Waals surface area (Å²) in [6.07, 6.45) is 2.08. The Bertz CT molecular complexity index is 73.7. The highest BCUT2D eigenvalue weighted by molar-refractivity contribution is 5.18. The van der Waals surface area contributed by atoms with Crippen LogP contribution in [-0.4, -0.2) is 7.05 Å². The molecule has 1 heterocycles. The van der Waals surface area contributed by atoms with Gasteiger partial charge in [-0.25, -0.2) is 0 Å². The summed E-state index contributed by atoms with van der Waals surface area (Å²) < 4.78 is 0. The maximum absolute atomic E-state index is 2.08. The van der Waals surface area contributed by atoms with Crippen molar-refractivity contribution < 1.29 is 0 Å². The van der Waals surface area contributed by atoms with E-state index >= 15 is 0 Å². The molecule has 1 rings (SSSR count). The average Bonchev–Trinajstić information content (AvgIpc) is 1.79. The highest BCUT2D eigenvalue weighted by Crippen LogP contribution is 2.09. The summed E-state index contributed by atoms with van der Waals surface area (Å²) in [5.74, 6) is 0. The quantitative estimate of drug-likeness (QED) is 0.368. The van der Waals surface area contributed by atoms with Crippen LogP contribution in [0.25, 0.3) is 0 Å². The van der Waals surface area contributed by atoms with Crippen molar-refractivity contribution in [2.45, 2.75) is 6.92 Å². The van der Waals surface area contributed by atoms with Crippen LogP contribution in [-0.2, 0) is 0 Å². The zero-order chi connectivity index (χ0) is 3.86. The number of hydrogen-bond donors (Lipinski definition) is 0. The number of rotatable bonds is 0. The highest BCUT2D eigenvalue weighted by atomic mass is 15.2. The molecule has 0 amide bonds. The molecule has 1 heteroatoms. The van der Waals surface area contributed by atoms with E-state index in [2.05, 4.69) is 18.0 Å². The molecule has 0 aromatic rings. The van der Waals surface area contributed by atoms with Crippen LogP contribution in [0.5, 0.6) is 0 Å². The van der Waals surface area contributed by atoms with E-state index in [1.54, 1.807) is 0 Å². The van der Waals surface area contributed by atoms with Crippen molar-refractivity contribution in [3.05, 3.63) is 11.9 Å². The van der Waals surface area contributed by atoms with Crippen molar-refractivity contribution in [2.24, 2.45) is 0 Å². The molecular formula is C4H7N+. The van der Waals surface area contributed by atoms with Crippen LogP contribution in [0, 0.1) is 0 Å². The van der Waals surface area contributed by atoms with Crippen molar-refractivity contribution in [3.63, 3.8) is 0 Å². The van der Waals surface area contributed by atoms with Crippen LogP contribution in [0.2, 0.25) is 0 Å². The molecule has 0 bridgehead atoms. The minimum absolute atomic E-state index is 1.38. The third-order valence-electron chi connectivity index (χ3n) is 0.869. The van der Waals surface area contributed by atoms with E-state index in [0.717, 1.165) is 0 Å². The van der Waals surface area contributed by atoms with E-state index in [1.165, 1.54) is 5.70 Å². The van der Waals surface area contributed by atoms with Gasteiger partial charge in [-0.2, -0.15) is 0 Å². The van der Waals surface area contributed by atoms with E-state index in [1.807, 2.05) is 7.05 Å². The number of nitrogens with zero attached hydrogens (tertiary/aromatic N) is 1. The molecule has 1 radical (unpaired) electrons. The average molecular weight is 69.1 g/mol. The number of hydrogen-bond acceptors (Lipinski definition) is 1. The van der Waals surface area contributed by atoms with Gasteiger partial charge in [-0.15, -0.1) is 4.90 Å². The second-order valence-electron chi connectivity index (χ2n) is 1.38. The lowest BCUT2D eigenvalue weighted by molar-refractivity contribution is 0.910. The third-order valence-corrected chi connectivity index (χ3v) is 0.869. The molecule has 0 aliphatic carbocycles. The lowest BCUT2D eigenvalue weighted by atomic mass is 10.7. The minimum atomic E-state index is 1.38. The standard InChI is InChI=1S/C4H7N/c1-4-3-5(4)2/h3H,1-2H3/q+1. The Labute approximate surface area is 31.9 Å². The van der Waals surface area contributed by atoms with Crippen LogP contribution < -0.4 is 4.90 Å². The second-order valence-corrected chi connectivity index (χ2v) is 1.38. The maximum Gasteiger partial charge on any atom is 0.218 e. The fraction of sp³-hybridized carbons (Fsp3) is 0.500. The molecular weight excluding hydrogens is 62.1 g/mol. The maximum atomic E-state index is 2.08. The van der Waals surface area contributed by atoms with Gasteiger partial charge in [0.05, 0.1) is 0 Å². The Morgan fingerprint density at radius 2 is 2.00 bits per heavy atom. The van der Waals surface area contributed by atoms with Gasteiger partial charge in [-0.3, -0.25) is 0 Å². The van der Waals surface area contributed by atoms with Crippen molar-refractivity contribution in [1.82, 2.24) is 4.90 Å². The normalized spacial score (nSPS) is 33.2. The molecule has 0 aromatic heterocycles. The van der Waals surface area contributed by atoms with E-state index in [-0.39, 0.29) is 0 Å². The summed E-state index contributed by atoms with van der Waals surface area (Å²) in [6.45, 7) is 2.08. The van der Waals surface area contributed by atoms with Gasteiger partial charge in [-0.05, 0) is 0 Å². The summed E-state index contributed by atoms with van der Waals surface area (Å²) in [4.78, 5) is 2.08. The predicted octanol–water partition coefficient (Wildman–Crippen LogP) is 0.631. The zero-order valence-electron chi connectivity index (χ0n) is 3.52. The van der Waals surface area contributed by atoms with Gasteiger partial charge in [0, 0.05) is 6.92 Å². The summed E-state index contributed by atoms with van der Waals surface area (Å²) in [5.41, 5.74) is 1.38. The van der Waals surface area contributed by atoms with Crippen molar-refractivity contribution >= 4 is 0 Å².